The molecule has 128 valence electrons. The maximum Gasteiger partial charge on any atom is 0.257 e. The Balaban J connectivity index is 1.83. The van der Waals surface area contributed by atoms with E-state index >= 15 is 0 Å². The number of aliphatic hydroxyl groups is 1. The van der Waals surface area contributed by atoms with Gasteiger partial charge in [-0.05, 0) is 57.4 Å². The fraction of sp³-hybridized carbons (Fsp3) is 0.611. The van der Waals surface area contributed by atoms with Gasteiger partial charge in [-0.2, -0.15) is 0 Å². The summed E-state index contributed by atoms with van der Waals surface area (Å²) in [5.41, 5.74) is 1.23. The van der Waals surface area contributed by atoms with E-state index in [9.17, 15) is 9.90 Å². The first-order chi connectivity index (χ1) is 11.1. The topological polar surface area (TPSA) is 61.8 Å². The second kappa shape index (κ2) is 8.89. The van der Waals surface area contributed by atoms with E-state index in [-0.39, 0.29) is 18.6 Å². The number of aliphatic hydroxyl groups excluding tert-OH is 1. The molecule has 1 saturated heterocycles. The summed E-state index contributed by atoms with van der Waals surface area (Å²) >= 11 is 0. The zero-order chi connectivity index (χ0) is 16.7. The van der Waals surface area contributed by atoms with Crippen LogP contribution < -0.4 is 10.1 Å². The van der Waals surface area contributed by atoms with Crippen molar-refractivity contribution in [1.29, 1.82) is 0 Å². The Morgan fingerprint density at radius 1 is 1.43 bits per heavy atom. The molecule has 0 aliphatic carbocycles. The van der Waals surface area contributed by atoms with Gasteiger partial charge in [-0.1, -0.05) is 12.1 Å². The Morgan fingerprint density at radius 3 is 2.83 bits per heavy atom. The van der Waals surface area contributed by atoms with Gasteiger partial charge in [0.05, 0.1) is 6.10 Å². The third-order valence-corrected chi connectivity index (χ3v) is 4.17. The van der Waals surface area contributed by atoms with Crippen LogP contribution in [-0.4, -0.2) is 47.8 Å². The van der Waals surface area contributed by atoms with Crippen LogP contribution in [0.25, 0.3) is 0 Å². The van der Waals surface area contributed by atoms with Gasteiger partial charge < -0.3 is 15.2 Å². The SMILES string of the molecule is CCNC(=O)COc1ccc(CN2CCCC2CC(C)O)cc1. The second-order valence-electron chi connectivity index (χ2n) is 6.24. The normalized spacial score (nSPS) is 19.5. The maximum absolute atomic E-state index is 11.4. The lowest BCUT2D eigenvalue weighted by atomic mass is 10.1. The molecule has 1 aliphatic heterocycles. The second-order valence-corrected chi connectivity index (χ2v) is 6.24. The highest BCUT2D eigenvalue weighted by atomic mass is 16.5. The van der Waals surface area contributed by atoms with Crippen molar-refractivity contribution >= 4 is 5.91 Å². The van der Waals surface area contributed by atoms with E-state index in [0.717, 1.165) is 19.5 Å². The van der Waals surface area contributed by atoms with Crippen molar-refractivity contribution in [2.75, 3.05) is 19.7 Å². The average Bonchev–Trinajstić information content (AvgIpc) is 2.93. The van der Waals surface area contributed by atoms with Gasteiger partial charge in [-0.25, -0.2) is 0 Å². The molecule has 1 fully saturated rings. The molecule has 0 bridgehead atoms. The van der Waals surface area contributed by atoms with Crippen LogP contribution >= 0.6 is 0 Å². The first-order valence-corrected chi connectivity index (χ1v) is 8.49. The van der Waals surface area contributed by atoms with Crippen molar-refractivity contribution in [3.63, 3.8) is 0 Å². The predicted molar refractivity (Wildman–Crippen MR) is 90.4 cm³/mol. The number of likely N-dealkylation sites (N-methyl/N-ethyl adjacent to an activating group) is 1. The van der Waals surface area contributed by atoms with Crippen LogP contribution in [0.2, 0.25) is 0 Å². The number of carbonyl (C=O) groups is 1. The predicted octanol–water partition coefficient (Wildman–Crippen LogP) is 1.94. The van der Waals surface area contributed by atoms with Gasteiger partial charge in [0, 0.05) is 19.1 Å². The maximum atomic E-state index is 11.4. The molecule has 1 heterocycles. The van der Waals surface area contributed by atoms with Crippen LogP contribution in [0.15, 0.2) is 24.3 Å². The first-order valence-electron chi connectivity index (χ1n) is 8.49. The monoisotopic (exact) mass is 320 g/mol. The van der Waals surface area contributed by atoms with Crippen molar-refractivity contribution in [3.05, 3.63) is 29.8 Å². The van der Waals surface area contributed by atoms with Gasteiger partial charge in [0.15, 0.2) is 6.61 Å². The highest BCUT2D eigenvalue weighted by Crippen LogP contribution is 2.24. The van der Waals surface area contributed by atoms with E-state index in [1.165, 1.54) is 18.4 Å². The molecule has 5 heteroatoms. The minimum Gasteiger partial charge on any atom is -0.484 e. The summed E-state index contributed by atoms with van der Waals surface area (Å²) in [6.45, 7) is 6.40. The number of benzene rings is 1. The van der Waals surface area contributed by atoms with Crippen molar-refractivity contribution in [2.24, 2.45) is 0 Å². The summed E-state index contributed by atoms with van der Waals surface area (Å²) in [5, 5.41) is 12.3. The lowest BCUT2D eigenvalue weighted by Crippen LogP contribution is -2.31. The number of ether oxygens (including phenoxy) is 1. The average molecular weight is 320 g/mol. The van der Waals surface area contributed by atoms with Gasteiger partial charge in [-0.15, -0.1) is 0 Å². The molecular formula is C18H28N2O3. The molecule has 1 amide bonds. The molecule has 0 saturated carbocycles. The molecule has 5 nitrogen and oxygen atoms in total. The highest BCUT2D eigenvalue weighted by molar-refractivity contribution is 5.77. The summed E-state index contributed by atoms with van der Waals surface area (Å²) < 4.78 is 5.46. The summed E-state index contributed by atoms with van der Waals surface area (Å²) in [4.78, 5) is 13.8. The highest BCUT2D eigenvalue weighted by Gasteiger charge is 2.25. The number of nitrogens with zero attached hydrogens (tertiary/aromatic N) is 1. The Morgan fingerprint density at radius 2 is 2.17 bits per heavy atom. The van der Waals surface area contributed by atoms with Crippen LogP contribution in [0.1, 0.15) is 38.7 Å². The molecule has 1 aliphatic rings. The lowest BCUT2D eigenvalue weighted by molar-refractivity contribution is -0.122. The Bertz CT molecular complexity index is 488. The largest absolute Gasteiger partial charge is 0.484 e. The van der Waals surface area contributed by atoms with Gasteiger partial charge in [-0.3, -0.25) is 9.69 Å². The third-order valence-electron chi connectivity index (χ3n) is 4.17. The van der Waals surface area contributed by atoms with E-state index in [4.69, 9.17) is 4.74 Å². The number of amides is 1. The van der Waals surface area contributed by atoms with Gasteiger partial charge in [0.1, 0.15) is 5.75 Å². The lowest BCUT2D eigenvalue weighted by Gasteiger charge is -2.25. The van der Waals surface area contributed by atoms with E-state index in [2.05, 4.69) is 10.2 Å². The summed E-state index contributed by atoms with van der Waals surface area (Å²) in [7, 11) is 0. The smallest absolute Gasteiger partial charge is 0.257 e. The van der Waals surface area contributed by atoms with Gasteiger partial charge >= 0.3 is 0 Å². The number of nitrogens with one attached hydrogen (secondary N) is 1. The molecule has 2 rings (SSSR count). The molecule has 2 unspecified atom stereocenters. The van der Waals surface area contributed by atoms with Crippen molar-refractivity contribution in [1.82, 2.24) is 10.2 Å². The summed E-state index contributed by atoms with van der Waals surface area (Å²) in [6, 6.07) is 8.39. The van der Waals surface area contributed by atoms with E-state index < -0.39 is 0 Å². The van der Waals surface area contributed by atoms with Crippen LogP contribution in [-0.2, 0) is 11.3 Å². The van der Waals surface area contributed by atoms with E-state index in [1.807, 2.05) is 38.1 Å². The molecule has 0 radical (unpaired) electrons. The molecular weight excluding hydrogens is 292 g/mol. The molecule has 2 atom stereocenters. The first kappa shape index (κ1) is 17.8. The van der Waals surface area contributed by atoms with Crippen LogP contribution in [0.5, 0.6) is 5.75 Å². The molecule has 0 spiro atoms. The molecule has 1 aromatic rings. The summed E-state index contributed by atoms with van der Waals surface area (Å²) in [5.74, 6) is 0.608. The van der Waals surface area contributed by atoms with Crippen LogP contribution in [0, 0.1) is 0 Å². The molecule has 23 heavy (non-hydrogen) atoms. The number of hydrogen-bond acceptors (Lipinski definition) is 4. The Hall–Kier alpha value is -1.59. The quantitative estimate of drug-likeness (QED) is 0.768. The zero-order valence-electron chi connectivity index (χ0n) is 14.1. The van der Waals surface area contributed by atoms with Crippen LogP contribution in [0.4, 0.5) is 0 Å². The Labute approximate surface area is 138 Å². The summed E-state index contributed by atoms with van der Waals surface area (Å²) in [6.07, 6.45) is 2.96. The number of carbonyl (C=O) groups excluding carboxylic acids is 1. The van der Waals surface area contributed by atoms with Crippen molar-refractivity contribution < 1.29 is 14.6 Å². The number of rotatable bonds is 8. The van der Waals surface area contributed by atoms with E-state index in [0.29, 0.717) is 18.3 Å². The fourth-order valence-electron chi connectivity index (χ4n) is 3.09. The van der Waals surface area contributed by atoms with Gasteiger partial charge in [0.25, 0.3) is 5.91 Å². The Kier molecular flexibility index (Phi) is 6.86. The number of likely N-dealkylation sites (tertiary alicyclic amines) is 1. The standard InChI is InChI=1S/C18H28N2O3/c1-3-19-18(22)13-23-17-8-6-15(7-9-17)12-20-10-4-5-16(20)11-14(2)21/h6-9,14,16,21H,3-5,10-13H2,1-2H3,(H,19,22). The minimum atomic E-state index is -0.245. The molecule has 2 N–H and O–H groups in total. The van der Waals surface area contributed by atoms with Crippen LogP contribution in [0.3, 0.4) is 0 Å². The molecule has 0 aromatic heterocycles. The third kappa shape index (κ3) is 5.84. The molecule has 1 aromatic carbocycles. The zero-order valence-corrected chi connectivity index (χ0v) is 14.1. The fourth-order valence-corrected chi connectivity index (χ4v) is 3.09. The van der Waals surface area contributed by atoms with Gasteiger partial charge in [0.2, 0.25) is 0 Å². The van der Waals surface area contributed by atoms with Crippen molar-refractivity contribution in [3.8, 4) is 5.75 Å². The van der Waals surface area contributed by atoms with E-state index in [1.54, 1.807) is 0 Å². The number of hydrogen-bond donors (Lipinski definition) is 2. The van der Waals surface area contributed by atoms with Crippen molar-refractivity contribution in [2.45, 2.75) is 51.8 Å². The minimum absolute atomic E-state index is 0.0514.